The number of nitrogens with zero attached hydrogens (tertiary/aromatic N) is 1. The van der Waals surface area contributed by atoms with Crippen molar-refractivity contribution in [2.24, 2.45) is 0 Å². The summed E-state index contributed by atoms with van der Waals surface area (Å²) in [5.41, 5.74) is 2.11. The van der Waals surface area contributed by atoms with E-state index in [2.05, 4.69) is 15.6 Å². The molecule has 1 aliphatic carbocycles. The highest BCUT2D eigenvalue weighted by molar-refractivity contribution is 5.81. The average molecular weight is 233 g/mol. The van der Waals surface area contributed by atoms with Gasteiger partial charge in [-0.25, -0.2) is 0 Å². The molecule has 4 nitrogen and oxygen atoms in total. The minimum absolute atomic E-state index is 0.0903. The van der Waals surface area contributed by atoms with Gasteiger partial charge in [0.2, 0.25) is 5.91 Å². The van der Waals surface area contributed by atoms with Crippen LogP contribution in [0.2, 0.25) is 0 Å². The van der Waals surface area contributed by atoms with E-state index in [1.807, 2.05) is 32.2 Å². The van der Waals surface area contributed by atoms with Crippen LogP contribution in [0.5, 0.6) is 0 Å². The second-order valence-electron chi connectivity index (χ2n) is 4.69. The molecule has 1 amide bonds. The third-order valence-corrected chi connectivity index (χ3v) is 2.90. The van der Waals surface area contributed by atoms with Gasteiger partial charge in [-0.3, -0.25) is 9.78 Å². The lowest BCUT2D eigenvalue weighted by Gasteiger charge is -2.13. The highest BCUT2D eigenvalue weighted by Crippen LogP contribution is 2.18. The molecule has 1 fully saturated rings. The Labute approximate surface area is 102 Å². The second-order valence-corrected chi connectivity index (χ2v) is 4.69. The number of hydrogen-bond donors (Lipinski definition) is 2. The molecular formula is C13H19N3O. The van der Waals surface area contributed by atoms with E-state index in [-0.39, 0.29) is 11.9 Å². The zero-order chi connectivity index (χ0) is 12.3. The molecule has 0 spiro atoms. The average Bonchev–Trinajstić information content (AvgIpc) is 3.11. The topological polar surface area (TPSA) is 54.0 Å². The van der Waals surface area contributed by atoms with Crippen LogP contribution in [-0.4, -0.2) is 23.0 Å². The van der Waals surface area contributed by atoms with E-state index in [0.29, 0.717) is 12.6 Å². The number of amides is 1. The van der Waals surface area contributed by atoms with Crippen LogP contribution in [0, 0.1) is 6.92 Å². The molecule has 2 rings (SSSR count). The molecule has 1 saturated carbocycles. The molecule has 1 aromatic rings. The van der Waals surface area contributed by atoms with Crippen molar-refractivity contribution < 1.29 is 4.79 Å². The monoisotopic (exact) mass is 233 g/mol. The SMILES string of the molecule is Cc1ccc(CNC(C)C(=O)NC2CC2)cn1. The molecule has 17 heavy (non-hydrogen) atoms. The Kier molecular flexibility index (Phi) is 3.74. The summed E-state index contributed by atoms with van der Waals surface area (Å²) in [6, 6.07) is 4.27. The summed E-state index contributed by atoms with van der Waals surface area (Å²) >= 11 is 0. The first-order valence-corrected chi connectivity index (χ1v) is 6.10. The molecule has 1 heterocycles. The number of nitrogens with one attached hydrogen (secondary N) is 2. The molecule has 2 N–H and O–H groups in total. The minimum atomic E-state index is -0.156. The van der Waals surface area contributed by atoms with Crippen LogP contribution >= 0.6 is 0 Å². The molecule has 1 aliphatic rings. The zero-order valence-electron chi connectivity index (χ0n) is 10.4. The van der Waals surface area contributed by atoms with E-state index in [0.717, 1.165) is 24.1 Å². The number of aryl methyl sites for hydroxylation is 1. The Bertz CT molecular complexity index is 384. The summed E-state index contributed by atoms with van der Waals surface area (Å²) in [4.78, 5) is 15.9. The van der Waals surface area contributed by atoms with E-state index in [1.54, 1.807) is 0 Å². The number of carbonyl (C=O) groups is 1. The Morgan fingerprint density at radius 2 is 2.29 bits per heavy atom. The van der Waals surface area contributed by atoms with Gasteiger partial charge in [-0.2, -0.15) is 0 Å². The first-order chi connectivity index (χ1) is 8.15. The predicted molar refractivity (Wildman–Crippen MR) is 66.4 cm³/mol. The fourth-order valence-corrected chi connectivity index (χ4v) is 1.52. The number of aromatic nitrogens is 1. The maximum absolute atomic E-state index is 11.7. The van der Waals surface area contributed by atoms with E-state index in [1.165, 1.54) is 0 Å². The van der Waals surface area contributed by atoms with Gasteiger partial charge in [-0.1, -0.05) is 6.07 Å². The predicted octanol–water partition coefficient (Wildman–Crippen LogP) is 1.15. The Balaban J connectivity index is 1.76. The van der Waals surface area contributed by atoms with Crippen LogP contribution in [0.15, 0.2) is 18.3 Å². The maximum atomic E-state index is 11.7. The van der Waals surface area contributed by atoms with E-state index >= 15 is 0 Å². The lowest BCUT2D eigenvalue weighted by atomic mass is 10.2. The van der Waals surface area contributed by atoms with Crippen molar-refractivity contribution in [1.82, 2.24) is 15.6 Å². The summed E-state index contributed by atoms with van der Waals surface area (Å²) in [7, 11) is 0. The molecule has 1 aromatic heterocycles. The Morgan fingerprint density at radius 3 is 2.88 bits per heavy atom. The van der Waals surface area contributed by atoms with Gasteiger partial charge in [0.15, 0.2) is 0 Å². The highest BCUT2D eigenvalue weighted by Gasteiger charge is 2.25. The normalized spacial score (nSPS) is 16.6. The number of hydrogen-bond acceptors (Lipinski definition) is 3. The van der Waals surface area contributed by atoms with Crippen LogP contribution in [-0.2, 0) is 11.3 Å². The van der Waals surface area contributed by atoms with Gasteiger partial charge in [0.25, 0.3) is 0 Å². The molecule has 1 atom stereocenters. The van der Waals surface area contributed by atoms with Crippen molar-refractivity contribution in [3.05, 3.63) is 29.6 Å². The maximum Gasteiger partial charge on any atom is 0.237 e. The van der Waals surface area contributed by atoms with Crippen molar-refractivity contribution >= 4 is 5.91 Å². The number of rotatable bonds is 5. The molecule has 1 unspecified atom stereocenters. The van der Waals surface area contributed by atoms with Gasteiger partial charge in [-0.05, 0) is 38.3 Å². The summed E-state index contributed by atoms with van der Waals surface area (Å²) in [6.45, 7) is 4.52. The quantitative estimate of drug-likeness (QED) is 0.802. The van der Waals surface area contributed by atoms with Gasteiger partial charge >= 0.3 is 0 Å². The Hall–Kier alpha value is -1.42. The van der Waals surface area contributed by atoms with E-state index in [9.17, 15) is 4.79 Å². The molecule has 0 bridgehead atoms. The number of carbonyl (C=O) groups excluding carboxylic acids is 1. The van der Waals surface area contributed by atoms with Crippen LogP contribution in [0.25, 0.3) is 0 Å². The smallest absolute Gasteiger partial charge is 0.237 e. The molecular weight excluding hydrogens is 214 g/mol. The zero-order valence-corrected chi connectivity index (χ0v) is 10.4. The van der Waals surface area contributed by atoms with E-state index < -0.39 is 0 Å². The fraction of sp³-hybridized carbons (Fsp3) is 0.538. The van der Waals surface area contributed by atoms with Gasteiger partial charge in [0, 0.05) is 24.5 Å². The summed E-state index contributed by atoms with van der Waals surface area (Å²) < 4.78 is 0. The standard InChI is InChI=1S/C13H19N3O/c1-9-3-4-11(7-14-9)8-15-10(2)13(17)16-12-5-6-12/h3-4,7,10,12,15H,5-6,8H2,1-2H3,(H,16,17). The van der Waals surface area contributed by atoms with Gasteiger partial charge in [-0.15, -0.1) is 0 Å². The summed E-state index contributed by atoms with van der Waals surface area (Å²) in [5.74, 6) is 0.0903. The van der Waals surface area contributed by atoms with Crippen molar-refractivity contribution in [2.45, 2.75) is 45.3 Å². The van der Waals surface area contributed by atoms with Crippen LogP contribution in [0.4, 0.5) is 0 Å². The van der Waals surface area contributed by atoms with Crippen molar-refractivity contribution in [3.63, 3.8) is 0 Å². The first-order valence-electron chi connectivity index (χ1n) is 6.10. The third-order valence-electron chi connectivity index (χ3n) is 2.90. The van der Waals surface area contributed by atoms with Gasteiger partial charge in [0.05, 0.1) is 6.04 Å². The van der Waals surface area contributed by atoms with Crippen molar-refractivity contribution in [1.29, 1.82) is 0 Å². The molecule has 92 valence electrons. The van der Waals surface area contributed by atoms with Crippen LogP contribution < -0.4 is 10.6 Å². The fourth-order valence-electron chi connectivity index (χ4n) is 1.52. The molecule has 0 saturated heterocycles. The van der Waals surface area contributed by atoms with Crippen LogP contribution in [0.3, 0.4) is 0 Å². The minimum Gasteiger partial charge on any atom is -0.352 e. The Morgan fingerprint density at radius 1 is 1.53 bits per heavy atom. The largest absolute Gasteiger partial charge is 0.352 e. The molecule has 0 aliphatic heterocycles. The second kappa shape index (κ2) is 5.27. The van der Waals surface area contributed by atoms with E-state index in [4.69, 9.17) is 0 Å². The molecule has 0 radical (unpaired) electrons. The van der Waals surface area contributed by atoms with Crippen LogP contribution in [0.1, 0.15) is 31.0 Å². The lowest BCUT2D eigenvalue weighted by molar-refractivity contribution is -0.122. The number of pyridine rings is 1. The van der Waals surface area contributed by atoms with Gasteiger partial charge < -0.3 is 10.6 Å². The van der Waals surface area contributed by atoms with Crippen molar-refractivity contribution in [2.75, 3.05) is 0 Å². The lowest BCUT2D eigenvalue weighted by Crippen LogP contribution is -2.42. The molecule has 0 aromatic carbocycles. The van der Waals surface area contributed by atoms with Crippen molar-refractivity contribution in [3.8, 4) is 0 Å². The first kappa shape index (κ1) is 12.0. The highest BCUT2D eigenvalue weighted by atomic mass is 16.2. The summed E-state index contributed by atoms with van der Waals surface area (Å²) in [5, 5.41) is 6.18. The molecule has 4 heteroatoms. The van der Waals surface area contributed by atoms with Gasteiger partial charge in [0.1, 0.15) is 0 Å². The summed E-state index contributed by atoms with van der Waals surface area (Å²) in [6.07, 6.45) is 4.09. The third kappa shape index (κ3) is 3.82.